The van der Waals surface area contributed by atoms with E-state index in [0.717, 1.165) is 6.20 Å². The Labute approximate surface area is 116 Å². The molecule has 0 fully saturated rings. The standard InChI is InChI=1S/C15H15FN2O2/c1-3-20-14-7-5-4-6-13(14)18(2)15(19)11-8-9-17-10-12(11)16/h4-10H,3H2,1-2H3. The van der Waals surface area contributed by atoms with E-state index in [2.05, 4.69) is 4.98 Å². The van der Waals surface area contributed by atoms with Gasteiger partial charge in [-0.3, -0.25) is 9.78 Å². The van der Waals surface area contributed by atoms with Crippen LogP contribution in [-0.2, 0) is 0 Å². The summed E-state index contributed by atoms with van der Waals surface area (Å²) >= 11 is 0. The number of benzene rings is 1. The van der Waals surface area contributed by atoms with Crippen LogP contribution in [0.1, 0.15) is 17.3 Å². The van der Waals surface area contributed by atoms with Gasteiger partial charge in [0, 0.05) is 13.2 Å². The van der Waals surface area contributed by atoms with Crippen LogP contribution in [0.3, 0.4) is 0 Å². The molecule has 0 saturated heterocycles. The van der Waals surface area contributed by atoms with Crippen molar-refractivity contribution in [3.05, 3.63) is 54.1 Å². The van der Waals surface area contributed by atoms with Crippen molar-refractivity contribution in [2.75, 3.05) is 18.6 Å². The molecule has 0 aliphatic rings. The van der Waals surface area contributed by atoms with E-state index < -0.39 is 11.7 Å². The Bertz CT molecular complexity index is 616. The largest absolute Gasteiger partial charge is 0.492 e. The van der Waals surface area contributed by atoms with Crippen molar-refractivity contribution < 1.29 is 13.9 Å². The SMILES string of the molecule is CCOc1ccccc1N(C)C(=O)c1ccncc1F. The summed E-state index contributed by atoms with van der Waals surface area (Å²) in [5.41, 5.74) is 0.573. The predicted octanol–water partition coefficient (Wildman–Crippen LogP) is 2.90. The van der Waals surface area contributed by atoms with Crippen LogP contribution in [0, 0.1) is 5.82 Å². The van der Waals surface area contributed by atoms with E-state index >= 15 is 0 Å². The number of hydrogen-bond donors (Lipinski definition) is 0. The Hall–Kier alpha value is -2.43. The van der Waals surface area contributed by atoms with Gasteiger partial charge >= 0.3 is 0 Å². The Morgan fingerprint density at radius 2 is 2.10 bits per heavy atom. The summed E-state index contributed by atoms with van der Waals surface area (Å²) in [5.74, 6) is -0.504. The molecule has 0 unspecified atom stereocenters. The average molecular weight is 274 g/mol. The number of anilines is 1. The van der Waals surface area contributed by atoms with Gasteiger partial charge in [-0.25, -0.2) is 4.39 Å². The second kappa shape index (κ2) is 6.14. The van der Waals surface area contributed by atoms with Gasteiger partial charge in [-0.05, 0) is 25.1 Å². The van der Waals surface area contributed by atoms with Crippen LogP contribution in [-0.4, -0.2) is 24.5 Å². The third-order valence-electron chi connectivity index (χ3n) is 2.83. The van der Waals surface area contributed by atoms with Crippen LogP contribution < -0.4 is 9.64 Å². The van der Waals surface area contributed by atoms with Gasteiger partial charge in [0.1, 0.15) is 5.75 Å². The molecule has 0 N–H and O–H groups in total. The van der Waals surface area contributed by atoms with Crippen molar-refractivity contribution >= 4 is 11.6 Å². The lowest BCUT2D eigenvalue weighted by Gasteiger charge is -2.20. The van der Waals surface area contributed by atoms with Crippen molar-refractivity contribution in [2.45, 2.75) is 6.92 Å². The van der Waals surface area contributed by atoms with Gasteiger partial charge < -0.3 is 9.64 Å². The number of aromatic nitrogens is 1. The van der Waals surface area contributed by atoms with Gasteiger partial charge in [-0.15, -0.1) is 0 Å². The number of halogens is 1. The third-order valence-corrected chi connectivity index (χ3v) is 2.83. The summed E-state index contributed by atoms with van der Waals surface area (Å²) in [4.78, 5) is 17.3. The maximum Gasteiger partial charge on any atom is 0.261 e. The minimum absolute atomic E-state index is 0.0196. The van der Waals surface area contributed by atoms with E-state index in [4.69, 9.17) is 4.74 Å². The maximum absolute atomic E-state index is 13.6. The minimum atomic E-state index is -0.641. The zero-order valence-electron chi connectivity index (χ0n) is 11.3. The Morgan fingerprint density at radius 3 is 2.80 bits per heavy atom. The molecule has 2 aromatic rings. The molecule has 0 aliphatic heterocycles. The van der Waals surface area contributed by atoms with Crippen molar-refractivity contribution in [3.8, 4) is 5.75 Å². The zero-order chi connectivity index (χ0) is 14.5. The van der Waals surface area contributed by atoms with Crippen molar-refractivity contribution in [2.24, 2.45) is 0 Å². The number of ether oxygens (including phenoxy) is 1. The first-order valence-electron chi connectivity index (χ1n) is 6.24. The van der Waals surface area contributed by atoms with Crippen LogP contribution in [0.2, 0.25) is 0 Å². The molecule has 104 valence electrons. The highest BCUT2D eigenvalue weighted by Crippen LogP contribution is 2.28. The highest BCUT2D eigenvalue weighted by Gasteiger charge is 2.19. The summed E-state index contributed by atoms with van der Waals surface area (Å²) < 4.78 is 19.1. The van der Waals surface area contributed by atoms with Gasteiger partial charge in [0.25, 0.3) is 5.91 Å². The van der Waals surface area contributed by atoms with Gasteiger partial charge in [-0.2, -0.15) is 0 Å². The molecule has 0 radical (unpaired) electrons. The summed E-state index contributed by atoms with van der Waals surface area (Å²) in [5, 5.41) is 0. The normalized spacial score (nSPS) is 10.2. The molecule has 1 aromatic heterocycles. The molecule has 0 bridgehead atoms. The molecule has 0 saturated carbocycles. The van der Waals surface area contributed by atoms with Crippen molar-refractivity contribution in [1.82, 2.24) is 4.98 Å². The number of hydrogen-bond acceptors (Lipinski definition) is 3. The number of amides is 1. The first-order valence-corrected chi connectivity index (χ1v) is 6.24. The van der Waals surface area contributed by atoms with Crippen molar-refractivity contribution in [3.63, 3.8) is 0 Å². The van der Waals surface area contributed by atoms with Crippen LogP contribution in [0.25, 0.3) is 0 Å². The molecule has 5 heteroatoms. The number of rotatable bonds is 4. The second-order valence-corrected chi connectivity index (χ2v) is 4.12. The highest BCUT2D eigenvalue weighted by molar-refractivity contribution is 6.06. The molecule has 1 amide bonds. The Morgan fingerprint density at radius 1 is 1.35 bits per heavy atom. The number of carbonyl (C=O) groups excluding carboxylic acids is 1. The highest BCUT2D eigenvalue weighted by atomic mass is 19.1. The number of carbonyl (C=O) groups is 1. The molecule has 4 nitrogen and oxygen atoms in total. The first kappa shape index (κ1) is 14.0. The number of nitrogens with zero attached hydrogens (tertiary/aromatic N) is 2. The first-order chi connectivity index (χ1) is 9.65. The van der Waals surface area contributed by atoms with Crippen LogP contribution >= 0.6 is 0 Å². The van der Waals surface area contributed by atoms with Gasteiger partial charge in [0.15, 0.2) is 5.82 Å². The molecule has 2 rings (SSSR count). The monoisotopic (exact) mass is 274 g/mol. The van der Waals surface area contributed by atoms with Gasteiger partial charge in [0.2, 0.25) is 0 Å². The fourth-order valence-corrected chi connectivity index (χ4v) is 1.85. The van der Waals surface area contributed by atoms with E-state index in [0.29, 0.717) is 18.0 Å². The quantitative estimate of drug-likeness (QED) is 0.861. The summed E-state index contributed by atoms with van der Waals surface area (Å²) in [6.45, 7) is 2.35. The second-order valence-electron chi connectivity index (χ2n) is 4.12. The molecule has 0 atom stereocenters. The van der Waals surface area contributed by atoms with E-state index in [-0.39, 0.29) is 5.56 Å². The van der Waals surface area contributed by atoms with Crippen molar-refractivity contribution in [1.29, 1.82) is 0 Å². The van der Waals surface area contributed by atoms with Gasteiger partial charge in [-0.1, -0.05) is 12.1 Å². The van der Waals surface area contributed by atoms with E-state index in [9.17, 15) is 9.18 Å². The van der Waals surface area contributed by atoms with E-state index in [1.54, 1.807) is 25.2 Å². The van der Waals surface area contributed by atoms with Crippen LogP contribution in [0.4, 0.5) is 10.1 Å². The summed E-state index contributed by atoms with van der Waals surface area (Å²) in [7, 11) is 1.58. The topological polar surface area (TPSA) is 42.4 Å². The molecule has 20 heavy (non-hydrogen) atoms. The molecule has 0 aliphatic carbocycles. The number of pyridine rings is 1. The van der Waals surface area contributed by atoms with Crippen LogP contribution in [0.15, 0.2) is 42.7 Å². The Kier molecular flexibility index (Phi) is 4.30. The maximum atomic E-state index is 13.6. The van der Waals surface area contributed by atoms with E-state index in [1.165, 1.54) is 17.2 Å². The van der Waals surface area contributed by atoms with E-state index in [1.807, 2.05) is 13.0 Å². The van der Waals surface area contributed by atoms with Crippen LogP contribution in [0.5, 0.6) is 5.75 Å². The number of para-hydroxylation sites is 2. The zero-order valence-corrected chi connectivity index (χ0v) is 11.3. The lowest BCUT2D eigenvalue weighted by Crippen LogP contribution is -2.27. The summed E-state index contributed by atoms with van der Waals surface area (Å²) in [6.07, 6.45) is 2.41. The predicted molar refractivity (Wildman–Crippen MR) is 74.5 cm³/mol. The Balaban J connectivity index is 2.34. The molecule has 1 heterocycles. The fourth-order valence-electron chi connectivity index (χ4n) is 1.85. The third kappa shape index (κ3) is 2.77. The lowest BCUT2D eigenvalue weighted by atomic mass is 10.2. The molecular weight excluding hydrogens is 259 g/mol. The minimum Gasteiger partial charge on any atom is -0.492 e. The average Bonchev–Trinajstić information content (AvgIpc) is 2.47. The lowest BCUT2D eigenvalue weighted by molar-refractivity contribution is 0.0988. The molecule has 1 aromatic carbocycles. The summed E-state index contributed by atoms with van der Waals surface area (Å²) in [6, 6.07) is 8.50. The van der Waals surface area contributed by atoms with Gasteiger partial charge in [0.05, 0.1) is 24.1 Å². The molecule has 0 spiro atoms. The smallest absolute Gasteiger partial charge is 0.261 e. The fraction of sp³-hybridized carbons (Fsp3) is 0.200. The molecular formula is C15H15FN2O2.